The highest BCUT2D eigenvalue weighted by Gasteiger charge is 2.51. The lowest BCUT2D eigenvalue weighted by Crippen LogP contribution is -2.52. The molecule has 0 radical (unpaired) electrons. The van der Waals surface area contributed by atoms with Gasteiger partial charge in [0.2, 0.25) is 11.5 Å². The number of ether oxygens (including phenoxy) is 2. The maximum Gasteiger partial charge on any atom is 0.356 e. The Morgan fingerprint density at radius 3 is 1.83 bits per heavy atom. The van der Waals surface area contributed by atoms with E-state index >= 15 is 0 Å². The summed E-state index contributed by atoms with van der Waals surface area (Å²) in [6.45, 7) is 0. The first-order valence-electron chi connectivity index (χ1n) is 6.05. The molecule has 0 aliphatic rings. The number of rotatable bonds is 7. The van der Waals surface area contributed by atoms with Crippen molar-refractivity contribution in [2.24, 2.45) is 0 Å². The van der Waals surface area contributed by atoms with Gasteiger partial charge in [0.25, 0.3) is 0 Å². The summed E-state index contributed by atoms with van der Waals surface area (Å²) in [7, 11) is 2.56. The van der Waals surface area contributed by atoms with E-state index in [0.717, 1.165) is 6.08 Å². The zero-order valence-corrected chi connectivity index (χ0v) is 12.1. The summed E-state index contributed by atoms with van der Waals surface area (Å²) in [6, 6.07) is 2.59. The molecule has 0 bridgehead atoms. The number of carboxylic acids is 2. The van der Waals surface area contributed by atoms with Gasteiger partial charge in [0.15, 0.2) is 11.5 Å². The molecule has 0 fully saturated rings. The molecule has 0 saturated carbocycles. The zero-order chi connectivity index (χ0) is 17.8. The summed E-state index contributed by atoms with van der Waals surface area (Å²) in [4.78, 5) is 33.3. The molecule has 0 aromatic heterocycles. The van der Waals surface area contributed by atoms with Crippen molar-refractivity contribution >= 4 is 23.8 Å². The van der Waals surface area contributed by atoms with Crippen LogP contribution in [0.2, 0.25) is 0 Å². The van der Waals surface area contributed by atoms with E-state index in [1.165, 1.54) is 26.4 Å². The van der Waals surface area contributed by atoms with E-state index in [0.29, 0.717) is 6.08 Å². The van der Waals surface area contributed by atoms with Crippen LogP contribution in [0, 0.1) is 0 Å². The zero-order valence-electron chi connectivity index (χ0n) is 12.1. The van der Waals surface area contributed by atoms with Crippen molar-refractivity contribution < 1.29 is 44.3 Å². The van der Waals surface area contributed by atoms with E-state index in [1.54, 1.807) is 0 Å². The maximum atomic E-state index is 11.7. The largest absolute Gasteiger partial charge is 0.502 e. The molecule has 1 aromatic carbocycles. The maximum absolute atomic E-state index is 11.7. The first-order chi connectivity index (χ1) is 10.7. The summed E-state index contributed by atoms with van der Waals surface area (Å²) in [5.41, 5.74) is -3.34. The fourth-order valence-corrected chi connectivity index (χ4v) is 1.60. The van der Waals surface area contributed by atoms with Crippen molar-refractivity contribution in [1.82, 2.24) is 0 Å². The summed E-state index contributed by atoms with van der Waals surface area (Å²) >= 11 is 0. The molecule has 0 aliphatic heterocycles. The normalized spacial score (nSPS) is 11.3. The van der Waals surface area contributed by atoms with Gasteiger partial charge in [-0.05, 0) is 23.8 Å². The standard InChI is InChI=1S/C14H14O9/c1-22-8-5-7(6-9(23-2)11(8)16)3-4-10(15)14(21,12(17)18)13(19)20/h3-6,16,21H,1-2H3,(H,17,18)(H,19,20). The number of aromatic hydroxyl groups is 1. The Kier molecular flexibility index (Phi) is 5.31. The molecule has 0 spiro atoms. The fourth-order valence-electron chi connectivity index (χ4n) is 1.60. The third-order valence-corrected chi connectivity index (χ3v) is 2.90. The molecular formula is C14H14O9. The van der Waals surface area contributed by atoms with E-state index < -0.39 is 23.3 Å². The molecule has 0 atom stereocenters. The highest BCUT2D eigenvalue weighted by atomic mass is 16.5. The van der Waals surface area contributed by atoms with Gasteiger partial charge in [-0.2, -0.15) is 0 Å². The van der Waals surface area contributed by atoms with Crippen LogP contribution in [-0.4, -0.2) is 58.0 Å². The lowest BCUT2D eigenvalue weighted by Gasteiger charge is -2.14. The number of carboxylic acid groups (broad SMARTS) is 2. The number of carbonyl (C=O) groups is 3. The van der Waals surface area contributed by atoms with E-state index in [1.807, 2.05) is 0 Å². The molecule has 23 heavy (non-hydrogen) atoms. The highest BCUT2D eigenvalue weighted by molar-refractivity contribution is 6.26. The van der Waals surface area contributed by atoms with Crippen LogP contribution in [0.5, 0.6) is 17.2 Å². The Bertz CT molecular complexity index is 636. The van der Waals surface area contributed by atoms with Gasteiger partial charge in [0, 0.05) is 0 Å². The summed E-state index contributed by atoms with van der Waals surface area (Å²) in [5.74, 6) is -6.22. The van der Waals surface area contributed by atoms with Crippen LogP contribution in [0.1, 0.15) is 5.56 Å². The first-order valence-corrected chi connectivity index (χ1v) is 6.05. The minimum Gasteiger partial charge on any atom is -0.502 e. The molecule has 4 N–H and O–H groups in total. The Balaban J connectivity index is 3.21. The number of phenolic OH excluding ortho intramolecular Hbond substituents is 1. The number of ketones is 1. The van der Waals surface area contributed by atoms with E-state index in [-0.39, 0.29) is 22.8 Å². The third-order valence-electron chi connectivity index (χ3n) is 2.90. The first kappa shape index (κ1) is 18.0. The van der Waals surface area contributed by atoms with Gasteiger partial charge in [-0.15, -0.1) is 0 Å². The predicted molar refractivity (Wildman–Crippen MR) is 75.5 cm³/mol. The van der Waals surface area contributed by atoms with Crippen molar-refractivity contribution in [3.8, 4) is 17.2 Å². The molecule has 9 heteroatoms. The van der Waals surface area contributed by atoms with Crippen LogP contribution in [0.25, 0.3) is 6.08 Å². The van der Waals surface area contributed by atoms with Gasteiger partial charge >= 0.3 is 17.5 Å². The Morgan fingerprint density at radius 2 is 1.48 bits per heavy atom. The molecule has 0 saturated heterocycles. The topological polar surface area (TPSA) is 151 Å². The number of phenols is 1. The Hall–Kier alpha value is -3.07. The highest BCUT2D eigenvalue weighted by Crippen LogP contribution is 2.37. The van der Waals surface area contributed by atoms with Gasteiger partial charge in [0.05, 0.1) is 14.2 Å². The quantitative estimate of drug-likeness (QED) is 0.397. The van der Waals surface area contributed by atoms with E-state index in [4.69, 9.17) is 19.7 Å². The number of hydrogen-bond acceptors (Lipinski definition) is 7. The van der Waals surface area contributed by atoms with Gasteiger partial charge in [-0.1, -0.05) is 6.08 Å². The average Bonchev–Trinajstić information content (AvgIpc) is 2.51. The van der Waals surface area contributed by atoms with Crippen LogP contribution < -0.4 is 9.47 Å². The average molecular weight is 326 g/mol. The Labute approximate surface area is 130 Å². The van der Waals surface area contributed by atoms with Crippen LogP contribution >= 0.6 is 0 Å². The third kappa shape index (κ3) is 3.40. The lowest BCUT2D eigenvalue weighted by atomic mass is 9.98. The van der Waals surface area contributed by atoms with Crippen LogP contribution in [0.15, 0.2) is 18.2 Å². The smallest absolute Gasteiger partial charge is 0.356 e. The second kappa shape index (κ2) is 6.79. The van der Waals surface area contributed by atoms with Crippen LogP contribution in [0.4, 0.5) is 0 Å². The van der Waals surface area contributed by atoms with E-state index in [2.05, 4.69) is 0 Å². The summed E-state index contributed by atoms with van der Waals surface area (Å²) in [6.07, 6.45) is 1.64. The SMILES string of the molecule is COc1cc(C=CC(=O)C(O)(C(=O)O)C(=O)O)cc(OC)c1O. The van der Waals surface area contributed by atoms with Gasteiger partial charge in [-0.25, -0.2) is 9.59 Å². The predicted octanol–water partition coefficient (Wildman–Crippen LogP) is -0.108. The summed E-state index contributed by atoms with van der Waals surface area (Å²) in [5, 5.41) is 36.6. The fraction of sp³-hybridized carbons (Fsp3) is 0.214. The lowest BCUT2D eigenvalue weighted by molar-refractivity contribution is -0.177. The Morgan fingerprint density at radius 1 is 1.04 bits per heavy atom. The van der Waals surface area contributed by atoms with Crippen molar-refractivity contribution in [2.75, 3.05) is 14.2 Å². The van der Waals surface area contributed by atoms with Crippen LogP contribution in [-0.2, 0) is 14.4 Å². The number of methoxy groups -OCH3 is 2. The van der Waals surface area contributed by atoms with Gasteiger partial charge in [0.1, 0.15) is 0 Å². The van der Waals surface area contributed by atoms with Crippen molar-refractivity contribution in [1.29, 1.82) is 0 Å². The van der Waals surface area contributed by atoms with Crippen molar-refractivity contribution in [3.63, 3.8) is 0 Å². The number of benzene rings is 1. The second-order valence-corrected chi connectivity index (χ2v) is 4.29. The second-order valence-electron chi connectivity index (χ2n) is 4.29. The molecule has 1 aromatic rings. The minimum absolute atomic E-state index is 0.0168. The van der Waals surface area contributed by atoms with Gasteiger partial charge in [-0.3, -0.25) is 4.79 Å². The van der Waals surface area contributed by atoms with Crippen LogP contribution in [0.3, 0.4) is 0 Å². The molecular weight excluding hydrogens is 312 g/mol. The monoisotopic (exact) mass is 326 g/mol. The van der Waals surface area contributed by atoms with Gasteiger partial charge < -0.3 is 29.9 Å². The molecule has 1 rings (SSSR count). The van der Waals surface area contributed by atoms with Crippen molar-refractivity contribution in [3.05, 3.63) is 23.8 Å². The number of carbonyl (C=O) groups excluding carboxylic acids is 1. The number of aliphatic carboxylic acids is 2. The molecule has 124 valence electrons. The molecule has 0 heterocycles. The molecule has 0 unspecified atom stereocenters. The number of hydrogen-bond donors (Lipinski definition) is 4. The summed E-state index contributed by atoms with van der Waals surface area (Å²) < 4.78 is 9.78. The molecule has 0 amide bonds. The van der Waals surface area contributed by atoms with Crippen molar-refractivity contribution in [2.45, 2.75) is 5.60 Å². The minimum atomic E-state index is -3.58. The molecule has 0 aliphatic carbocycles. The van der Waals surface area contributed by atoms with E-state index in [9.17, 15) is 24.6 Å². The molecule has 9 nitrogen and oxygen atoms in total. The number of aliphatic hydroxyl groups is 1.